The number of nitrogens with one attached hydrogen (secondary N) is 1. The third-order valence-corrected chi connectivity index (χ3v) is 5.43. The summed E-state index contributed by atoms with van der Waals surface area (Å²) in [4.78, 5) is 14.0. The molecule has 1 aliphatic rings. The van der Waals surface area contributed by atoms with Gasteiger partial charge in [-0.05, 0) is 30.4 Å². The van der Waals surface area contributed by atoms with Gasteiger partial charge in [0.1, 0.15) is 17.1 Å². The molecule has 0 atom stereocenters. The third-order valence-electron chi connectivity index (χ3n) is 5.43. The molecule has 6 nitrogen and oxygen atoms in total. The van der Waals surface area contributed by atoms with Gasteiger partial charge in [-0.25, -0.2) is 15.0 Å². The minimum absolute atomic E-state index is 0.0450. The summed E-state index contributed by atoms with van der Waals surface area (Å²) in [5.74, 6) is 1.03. The molecular formula is C23H28F3N5O. The van der Waals surface area contributed by atoms with Gasteiger partial charge in [0.25, 0.3) is 0 Å². The fraction of sp³-hybridized carbons (Fsp3) is 0.522. The molecule has 0 spiro atoms. The zero-order valence-electron chi connectivity index (χ0n) is 18.5. The summed E-state index contributed by atoms with van der Waals surface area (Å²) in [6.07, 6.45) is 3.19. The Hall–Kier alpha value is -2.84. The Morgan fingerprint density at radius 3 is 2.53 bits per heavy atom. The topological polar surface area (TPSA) is 64.9 Å². The Balaban J connectivity index is 1.72. The van der Waals surface area contributed by atoms with E-state index >= 15 is 0 Å². The number of fused-ring (bicyclic) bond motifs is 1. The van der Waals surface area contributed by atoms with Gasteiger partial charge < -0.3 is 10.1 Å². The number of aromatic nitrogens is 4. The van der Waals surface area contributed by atoms with Crippen molar-refractivity contribution >= 4 is 22.8 Å². The summed E-state index contributed by atoms with van der Waals surface area (Å²) in [5, 5.41) is 3.19. The molecule has 0 radical (unpaired) electrons. The van der Waals surface area contributed by atoms with Crippen molar-refractivity contribution in [2.24, 2.45) is 5.41 Å². The molecule has 1 saturated carbocycles. The van der Waals surface area contributed by atoms with E-state index in [1.54, 1.807) is 12.3 Å². The van der Waals surface area contributed by atoms with Crippen LogP contribution in [0.3, 0.4) is 0 Å². The zero-order chi connectivity index (χ0) is 22.9. The smallest absolute Gasteiger partial charge is 0.406 e. The second-order valence-electron chi connectivity index (χ2n) is 9.53. The first-order valence-electron chi connectivity index (χ1n) is 10.9. The van der Waals surface area contributed by atoms with Crippen LogP contribution in [0, 0.1) is 5.41 Å². The highest BCUT2D eigenvalue weighted by Crippen LogP contribution is 2.35. The first-order valence-corrected chi connectivity index (χ1v) is 10.9. The molecular weight excluding hydrogens is 419 g/mol. The molecule has 3 aromatic rings. The first-order chi connectivity index (χ1) is 15.1. The van der Waals surface area contributed by atoms with Gasteiger partial charge in [0.05, 0.1) is 6.20 Å². The van der Waals surface area contributed by atoms with Crippen LogP contribution in [0.4, 0.5) is 24.8 Å². The highest BCUT2D eigenvalue weighted by Gasteiger charge is 2.31. The minimum Gasteiger partial charge on any atom is -0.406 e. The van der Waals surface area contributed by atoms with Crippen LogP contribution in [0.25, 0.3) is 11.2 Å². The fourth-order valence-corrected chi connectivity index (χ4v) is 4.16. The van der Waals surface area contributed by atoms with Crippen LogP contribution >= 0.6 is 0 Å². The van der Waals surface area contributed by atoms with Crippen molar-refractivity contribution in [2.75, 3.05) is 5.32 Å². The number of hydrogen-bond acceptors (Lipinski definition) is 5. The van der Waals surface area contributed by atoms with Gasteiger partial charge in [0, 0.05) is 24.2 Å². The molecule has 9 heteroatoms. The summed E-state index contributed by atoms with van der Waals surface area (Å²) in [6.45, 7) is 6.42. The van der Waals surface area contributed by atoms with Crippen LogP contribution in [0.5, 0.6) is 5.75 Å². The van der Waals surface area contributed by atoms with Gasteiger partial charge >= 0.3 is 6.36 Å². The Labute approximate surface area is 185 Å². The maximum atomic E-state index is 12.6. The molecule has 0 unspecified atom stereocenters. The summed E-state index contributed by atoms with van der Waals surface area (Å²) in [7, 11) is 0. The quantitative estimate of drug-likeness (QED) is 0.480. The first kappa shape index (κ1) is 22.4. The largest absolute Gasteiger partial charge is 0.573 e. The SMILES string of the molecule is CC(C)(C)Cc1ncc2nc(Nc3cccc(OC(F)(F)F)c3)n(C3CCCCC3)c2n1. The average molecular weight is 448 g/mol. The van der Waals surface area contributed by atoms with Crippen LogP contribution in [0.15, 0.2) is 30.5 Å². The molecule has 0 bridgehead atoms. The lowest BCUT2D eigenvalue weighted by Gasteiger charge is -2.25. The number of anilines is 2. The van der Waals surface area contributed by atoms with Crippen LogP contribution in [0.1, 0.15) is 64.7 Å². The number of nitrogens with zero attached hydrogens (tertiary/aromatic N) is 4. The van der Waals surface area contributed by atoms with E-state index in [1.165, 1.54) is 24.6 Å². The number of hydrogen-bond donors (Lipinski definition) is 1. The third kappa shape index (κ3) is 5.49. The minimum atomic E-state index is -4.74. The Morgan fingerprint density at radius 2 is 1.84 bits per heavy atom. The molecule has 4 rings (SSSR count). The predicted octanol–water partition coefficient (Wildman–Crippen LogP) is 6.56. The Morgan fingerprint density at radius 1 is 1.09 bits per heavy atom. The molecule has 32 heavy (non-hydrogen) atoms. The molecule has 2 heterocycles. The molecule has 1 aliphatic carbocycles. The van der Waals surface area contributed by atoms with Gasteiger partial charge in [-0.1, -0.05) is 46.1 Å². The predicted molar refractivity (Wildman–Crippen MR) is 117 cm³/mol. The van der Waals surface area contributed by atoms with Crippen LogP contribution < -0.4 is 10.1 Å². The lowest BCUT2D eigenvalue weighted by molar-refractivity contribution is -0.274. The van der Waals surface area contributed by atoms with Gasteiger partial charge in [0.15, 0.2) is 5.65 Å². The van der Waals surface area contributed by atoms with E-state index in [0.29, 0.717) is 17.2 Å². The number of rotatable bonds is 5. The number of alkyl halides is 3. The molecule has 0 amide bonds. The van der Waals surface area contributed by atoms with Gasteiger partial charge in [-0.3, -0.25) is 4.57 Å². The number of imidazole rings is 1. The van der Waals surface area contributed by atoms with E-state index in [1.807, 2.05) is 0 Å². The Kier molecular flexibility index (Phi) is 6.01. The molecule has 0 aliphatic heterocycles. The lowest BCUT2D eigenvalue weighted by Crippen LogP contribution is -2.17. The molecule has 1 N–H and O–H groups in total. The second-order valence-corrected chi connectivity index (χ2v) is 9.53. The summed E-state index contributed by atoms with van der Waals surface area (Å²) < 4.78 is 44.0. The van der Waals surface area contributed by atoms with Crippen molar-refractivity contribution < 1.29 is 17.9 Å². The summed E-state index contributed by atoms with van der Waals surface area (Å²) >= 11 is 0. The molecule has 1 fully saturated rings. The molecule has 1 aromatic carbocycles. The van der Waals surface area contributed by atoms with Crippen LogP contribution in [0.2, 0.25) is 0 Å². The van der Waals surface area contributed by atoms with E-state index in [-0.39, 0.29) is 17.2 Å². The highest BCUT2D eigenvalue weighted by molar-refractivity contribution is 5.75. The molecule has 0 saturated heterocycles. The second kappa shape index (κ2) is 8.60. The lowest BCUT2D eigenvalue weighted by atomic mass is 9.92. The number of ether oxygens (including phenoxy) is 1. The van der Waals surface area contributed by atoms with Crippen molar-refractivity contribution in [3.05, 3.63) is 36.3 Å². The number of benzene rings is 1. The van der Waals surface area contributed by atoms with E-state index < -0.39 is 6.36 Å². The van der Waals surface area contributed by atoms with E-state index in [4.69, 9.17) is 4.98 Å². The molecule has 172 valence electrons. The number of halogens is 3. The van der Waals surface area contributed by atoms with Crippen molar-refractivity contribution in [2.45, 2.75) is 71.7 Å². The van der Waals surface area contributed by atoms with Crippen LogP contribution in [-0.2, 0) is 6.42 Å². The van der Waals surface area contributed by atoms with Crippen molar-refractivity contribution in [3.63, 3.8) is 0 Å². The zero-order valence-corrected chi connectivity index (χ0v) is 18.5. The summed E-state index contributed by atoms with van der Waals surface area (Å²) in [5.41, 5.74) is 1.93. The van der Waals surface area contributed by atoms with Gasteiger partial charge in [0.2, 0.25) is 5.95 Å². The monoisotopic (exact) mass is 447 g/mol. The van der Waals surface area contributed by atoms with Crippen molar-refractivity contribution in [1.82, 2.24) is 19.5 Å². The van der Waals surface area contributed by atoms with Gasteiger partial charge in [-0.2, -0.15) is 0 Å². The van der Waals surface area contributed by atoms with Gasteiger partial charge in [-0.15, -0.1) is 13.2 Å². The van der Waals surface area contributed by atoms with E-state index in [0.717, 1.165) is 43.6 Å². The Bertz CT molecular complexity index is 1080. The highest BCUT2D eigenvalue weighted by atomic mass is 19.4. The van der Waals surface area contributed by atoms with E-state index in [9.17, 15) is 13.2 Å². The van der Waals surface area contributed by atoms with Crippen LogP contribution in [-0.4, -0.2) is 25.9 Å². The fourth-order valence-electron chi connectivity index (χ4n) is 4.16. The standard InChI is InChI=1S/C23H28F3N5O/c1-22(2,3)13-19-27-14-18-20(30-19)31(16-9-5-4-6-10-16)21(29-18)28-15-8-7-11-17(12-15)32-23(24,25)26/h7-8,11-12,14,16H,4-6,9-10,13H2,1-3H3,(H,28,29). The normalized spacial score (nSPS) is 15.8. The maximum absolute atomic E-state index is 12.6. The summed E-state index contributed by atoms with van der Waals surface area (Å²) in [6, 6.07) is 6.01. The maximum Gasteiger partial charge on any atom is 0.573 e. The molecule has 2 aromatic heterocycles. The van der Waals surface area contributed by atoms with E-state index in [2.05, 4.69) is 45.4 Å². The van der Waals surface area contributed by atoms with Crippen molar-refractivity contribution in [3.8, 4) is 5.75 Å². The van der Waals surface area contributed by atoms with Crippen molar-refractivity contribution in [1.29, 1.82) is 0 Å². The average Bonchev–Trinajstić information content (AvgIpc) is 3.03.